The van der Waals surface area contributed by atoms with E-state index in [2.05, 4.69) is 47.4 Å². The number of benzene rings is 1. The van der Waals surface area contributed by atoms with E-state index in [0.717, 1.165) is 5.56 Å². The van der Waals surface area contributed by atoms with Gasteiger partial charge in [-0.3, -0.25) is 14.2 Å². The molecule has 0 atom stereocenters. The first-order chi connectivity index (χ1) is 12.0. The Balaban J connectivity index is 1.74. The van der Waals surface area contributed by atoms with Gasteiger partial charge in [-0.25, -0.2) is 4.39 Å². The summed E-state index contributed by atoms with van der Waals surface area (Å²) in [5.74, 6) is -0.243. The van der Waals surface area contributed by atoms with Crippen molar-refractivity contribution >= 4 is 43.6 Å². The average molecular weight is 471 g/mol. The lowest BCUT2D eigenvalue weighted by Gasteiger charge is -2.02. The second-order valence-electron chi connectivity index (χ2n) is 5.29. The number of amides is 1. The SMILES string of the molecule is CCn1cc(Br)c(C(=O)Nc2nn(Cc3ccc(F)cc3)cc2Br)n1. The summed E-state index contributed by atoms with van der Waals surface area (Å²) in [6.07, 6.45) is 3.50. The molecule has 0 saturated carbocycles. The van der Waals surface area contributed by atoms with E-state index in [0.29, 0.717) is 33.5 Å². The number of hydrogen-bond donors (Lipinski definition) is 1. The summed E-state index contributed by atoms with van der Waals surface area (Å²) in [5.41, 5.74) is 1.19. The van der Waals surface area contributed by atoms with E-state index in [4.69, 9.17) is 0 Å². The molecule has 0 saturated heterocycles. The van der Waals surface area contributed by atoms with Crippen molar-refractivity contribution in [2.75, 3.05) is 5.32 Å². The molecule has 6 nitrogen and oxygen atoms in total. The monoisotopic (exact) mass is 469 g/mol. The molecule has 3 aromatic rings. The third-order valence-corrected chi connectivity index (χ3v) is 4.62. The van der Waals surface area contributed by atoms with Gasteiger partial charge in [0.15, 0.2) is 11.5 Å². The Morgan fingerprint density at radius 2 is 1.80 bits per heavy atom. The third kappa shape index (κ3) is 4.16. The highest BCUT2D eigenvalue weighted by molar-refractivity contribution is 9.11. The van der Waals surface area contributed by atoms with Crippen LogP contribution >= 0.6 is 31.9 Å². The summed E-state index contributed by atoms with van der Waals surface area (Å²) in [6, 6.07) is 6.19. The fourth-order valence-corrected chi connectivity index (χ4v) is 3.13. The largest absolute Gasteiger partial charge is 0.303 e. The number of aromatic nitrogens is 4. The molecule has 130 valence electrons. The van der Waals surface area contributed by atoms with Crippen LogP contribution in [0.25, 0.3) is 0 Å². The maximum atomic E-state index is 13.0. The number of carbonyl (C=O) groups excluding carboxylic acids is 1. The zero-order chi connectivity index (χ0) is 18.0. The second kappa shape index (κ2) is 7.49. The first kappa shape index (κ1) is 17.8. The second-order valence-corrected chi connectivity index (χ2v) is 6.99. The van der Waals surface area contributed by atoms with Gasteiger partial charge in [0.25, 0.3) is 5.91 Å². The average Bonchev–Trinajstić information content (AvgIpc) is 3.12. The third-order valence-electron chi connectivity index (χ3n) is 3.46. The van der Waals surface area contributed by atoms with Crippen molar-refractivity contribution in [3.8, 4) is 0 Å². The van der Waals surface area contributed by atoms with Crippen molar-refractivity contribution in [2.45, 2.75) is 20.0 Å². The summed E-state index contributed by atoms with van der Waals surface area (Å²) in [7, 11) is 0. The molecule has 0 bridgehead atoms. The van der Waals surface area contributed by atoms with Gasteiger partial charge in [0, 0.05) is 18.9 Å². The Hall–Kier alpha value is -2.00. The Labute approximate surface area is 160 Å². The van der Waals surface area contributed by atoms with Crippen LogP contribution in [0.5, 0.6) is 0 Å². The molecule has 0 aliphatic carbocycles. The van der Waals surface area contributed by atoms with E-state index in [1.165, 1.54) is 12.1 Å². The number of aryl methyl sites for hydroxylation is 1. The summed E-state index contributed by atoms with van der Waals surface area (Å²) >= 11 is 6.72. The topological polar surface area (TPSA) is 64.7 Å². The van der Waals surface area contributed by atoms with Crippen LogP contribution < -0.4 is 5.32 Å². The molecule has 0 spiro atoms. The lowest BCUT2D eigenvalue weighted by Crippen LogP contribution is -2.15. The predicted octanol–water partition coefficient (Wildman–Crippen LogP) is 4.06. The Morgan fingerprint density at radius 1 is 1.12 bits per heavy atom. The first-order valence-electron chi connectivity index (χ1n) is 7.48. The van der Waals surface area contributed by atoms with Crippen LogP contribution in [-0.2, 0) is 13.1 Å². The molecule has 25 heavy (non-hydrogen) atoms. The molecule has 0 unspecified atom stereocenters. The number of nitrogens with zero attached hydrogens (tertiary/aromatic N) is 4. The predicted molar refractivity (Wildman–Crippen MR) is 99.0 cm³/mol. The molecule has 2 heterocycles. The number of nitrogens with one attached hydrogen (secondary N) is 1. The van der Waals surface area contributed by atoms with E-state index >= 15 is 0 Å². The van der Waals surface area contributed by atoms with Gasteiger partial charge in [0.1, 0.15) is 5.82 Å². The first-order valence-corrected chi connectivity index (χ1v) is 9.06. The van der Waals surface area contributed by atoms with Crippen molar-refractivity contribution in [3.63, 3.8) is 0 Å². The van der Waals surface area contributed by atoms with Gasteiger partial charge >= 0.3 is 0 Å². The maximum Gasteiger partial charge on any atom is 0.278 e. The zero-order valence-electron chi connectivity index (χ0n) is 13.2. The van der Waals surface area contributed by atoms with E-state index in [-0.39, 0.29) is 11.7 Å². The van der Waals surface area contributed by atoms with E-state index in [9.17, 15) is 9.18 Å². The van der Waals surface area contributed by atoms with Gasteiger partial charge in [-0.2, -0.15) is 10.2 Å². The van der Waals surface area contributed by atoms with Crippen molar-refractivity contribution < 1.29 is 9.18 Å². The van der Waals surface area contributed by atoms with Gasteiger partial charge in [0.05, 0.1) is 15.5 Å². The van der Waals surface area contributed by atoms with Crippen LogP contribution in [0.4, 0.5) is 10.2 Å². The molecule has 3 rings (SSSR count). The van der Waals surface area contributed by atoms with Crippen molar-refractivity contribution in [3.05, 3.63) is 62.7 Å². The van der Waals surface area contributed by atoms with E-state index in [1.807, 2.05) is 6.92 Å². The fourth-order valence-electron chi connectivity index (χ4n) is 2.22. The number of halogens is 3. The number of carbonyl (C=O) groups is 1. The lowest BCUT2D eigenvalue weighted by atomic mass is 10.2. The molecular weight excluding hydrogens is 457 g/mol. The van der Waals surface area contributed by atoms with Crippen molar-refractivity contribution in [1.82, 2.24) is 19.6 Å². The molecule has 2 aromatic heterocycles. The molecular formula is C16H14Br2FN5O. The Morgan fingerprint density at radius 3 is 2.44 bits per heavy atom. The standard InChI is InChI=1S/C16H14Br2FN5O/c1-2-23-8-12(17)14(21-23)16(25)20-15-13(18)9-24(22-15)7-10-3-5-11(19)6-4-10/h3-6,8-9H,2,7H2,1H3,(H,20,22,25). The molecule has 9 heteroatoms. The van der Waals surface area contributed by atoms with E-state index < -0.39 is 0 Å². The quantitative estimate of drug-likeness (QED) is 0.611. The highest BCUT2D eigenvalue weighted by Gasteiger charge is 2.18. The lowest BCUT2D eigenvalue weighted by molar-refractivity contribution is 0.102. The van der Waals surface area contributed by atoms with Crippen molar-refractivity contribution in [1.29, 1.82) is 0 Å². The van der Waals surface area contributed by atoms with E-state index in [1.54, 1.807) is 33.9 Å². The Kier molecular flexibility index (Phi) is 5.33. The highest BCUT2D eigenvalue weighted by Crippen LogP contribution is 2.23. The molecule has 1 amide bonds. The van der Waals surface area contributed by atoms with Crippen molar-refractivity contribution in [2.24, 2.45) is 0 Å². The fraction of sp³-hybridized carbons (Fsp3) is 0.188. The van der Waals surface area contributed by atoms with Crippen LogP contribution in [0.3, 0.4) is 0 Å². The Bertz CT molecular complexity index is 904. The van der Waals surface area contributed by atoms with Gasteiger partial charge < -0.3 is 5.32 Å². The van der Waals surface area contributed by atoms with Gasteiger partial charge in [-0.05, 0) is 56.5 Å². The summed E-state index contributed by atoms with van der Waals surface area (Å²) in [6.45, 7) is 3.07. The molecule has 0 radical (unpaired) electrons. The summed E-state index contributed by atoms with van der Waals surface area (Å²) < 4.78 is 17.6. The van der Waals surface area contributed by atoms with Crippen LogP contribution in [0.15, 0.2) is 45.6 Å². The number of anilines is 1. The summed E-state index contributed by atoms with van der Waals surface area (Å²) in [5, 5.41) is 11.3. The highest BCUT2D eigenvalue weighted by atomic mass is 79.9. The van der Waals surface area contributed by atoms with Gasteiger partial charge in [-0.1, -0.05) is 12.1 Å². The maximum absolute atomic E-state index is 13.0. The minimum absolute atomic E-state index is 0.282. The number of rotatable bonds is 5. The molecule has 1 N–H and O–H groups in total. The van der Waals surface area contributed by atoms with Gasteiger partial charge in [-0.15, -0.1) is 0 Å². The smallest absolute Gasteiger partial charge is 0.278 e. The summed E-state index contributed by atoms with van der Waals surface area (Å²) in [4.78, 5) is 12.4. The van der Waals surface area contributed by atoms with Crippen LogP contribution in [0.1, 0.15) is 23.0 Å². The molecule has 0 aliphatic rings. The minimum atomic E-state index is -0.355. The normalized spacial score (nSPS) is 10.9. The zero-order valence-corrected chi connectivity index (χ0v) is 16.4. The van der Waals surface area contributed by atoms with Crippen LogP contribution in [0.2, 0.25) is 0 Å². The molecule has 0 fully saturated rings. The van der Waals surface area contributed by atoms with Gasteiger partial charge in [0.2, 0.25) is 0 Å². The van der Waals surface area contributed by atoms with Crippen LogP contribution in [0, 0.1) is 5.82 Å². The molecule has 0 aliphatic heterocycles. The van der Waals surface area contributed by atoms with Crippen LogP contribution in [-0.4, -0.2) is 25.5 Å². The number of hydrogen-bond acceptors (Lipinski definition) is 3. The molecule has 1 aromatic carbocycles. The minimum Gasteiger partial charge on any atom is -0.303 e.